The summed E-state index contributed by atoms with van der Waals surface area (Å²) >= 11 is 0. The summed E-state index contributed by atoms with van der Waals surface area (Å²) in [5.41, 5.74) is 5.74. The maximum atomic E-state index is 11.8. The van der Waals surface area contributed by atoms with Crippen molar-refractivity contribution in [3.8, 4) is 0 Å². The van der Waals surface area contributed by atoms with Crippen molar-refractivity contribution < 1.29 is 14.4 Å². The fraction of sp³-hybridized carbons (Fsp3) is 0.412. The van der Waals surface area contributed by atoms with Gasteiger partial charge in [0.15, 0.2) is 0 Å². The molecule has 2 rings (SSSR count). The number of nitrogens with zero attached hydrogens (tertiary/aromatic N) is 1. The van der Waals surface area contributed by atoms with E-state index in [9.17, 15) is 9.90 Å². The molecule has 4 nitrogen and oxygen atoms in total. The van der Waals surface area contributed by atoms with Gasteiger partial charge in [0, 0.05) is 5.56 Å². The third kappa shape index (κ3) is 2.99. The highest BCUT2D eigenvalue weighted by Gasteiger charge is 2.26. The number of aromatic nitrogens is 1. The van der Waals surface area contributed by atoms with Crippen molar-refractivity contribution in [3.63, 3.8) is 0 Å². The molecule has 1 unspecified atom stereocenters. The van der Waals surface area contributed by atoms with E-state index in [0.29, 0.717) is 12.2 Å². The zero-order chi connectivity index (χ0) is 15.7. The van der Waals surface area contributed by atoms with E-state index in [1.807, 2.05) is 46.8 Å². The SMILES string of the molecule is Cc1cc(C)c(C(Cc2c(C)noc2C)C(=O)O)c(C)c1. The molecule has 0 aliphatic carbocycles. The standard InChI is InChI=1S/C17H21NO3/c1-9-6-10(2)16(11(3)7-9)15(17(19)20)8-14-12(4)18-21-13(14)5/h6-7,15H,8H2,1-5H3,(H,19,20). The number of aryl methyl sites for hydroxylation is 5. The summed E-state index contributed by atoms with van der Waals surface area (Å²) in [4.78, 5) is 11.8. The Balaban J connectivity index is 2.48. The zero-order valence-corrected chi connectivity index (χ0v) is 13.2. The van der Waals surface area contributed by atoms with Gasteiger partial charge in [-0.05, 0) is 57.7 Å². The lowest BCUT2D eigenvalue weighted by Crippen LogP contribution is -2.17. The van der Waals surface area contributed by atoms with E-state index in [1.54, 1.807) is 0 Å². The first-order valence-corrected chi connectivity index (χ1v) is 7.03. The third-order valence-electron chi connectivity index (χ3n) is 3.97. The molecule has 0 radical (unpaired) electrons. The lowest BCUT2D eigenvalue weighted by atomic mass is 9.85. The van der Waals surface area contributed by atoms with Crippen molar-refractivity contribution in [1.82, 2.24) is 5.16 Å². The molecule has 21 heavy (non-hydrogen) atoms. The first-order valence-electron chi connectivity index (χ1n) is 7.03. The van der Waals surface area contributed by atoms with Crippen LogP contribution in [-0.4, -0.2) is 16.2 Å². The second-order valence-electron chi connectivity index (χ2n) is 5.71. The minimum Gasteiger partial charge on any atom is -0.481 e. The van der Waals surface area contributed by atoms with Gasteiger partial charge in [-0.2, -0.15) is 0 Å². The maximum Gasteiger partial charge on any atom is 0.311 e. The van der Waals surface area contributed by atoms with E-state index >= 15 is 0 Å². The van der Waals surface area contributed by atoms with Crippen molar-refractivity contribution in [3.05, 3.63) is 51.4 Å². The molecule has 1 heterocycles. The number of carboxylic acid groups (broad SMARTS) is 1. The van der Waals surface area contributed by atoms with Crippen LogP contribution in [0.1, 0.15) is 45.2 Å². The van der Waals surface area contributed by atoms with Crippen LogP contribution in [0.4, 0.5) is 0 Å². The zero-order valence-electron chi connectivity index (χ0n) is 13.2. The van der Waals surface area contributed by atoms with Crippen molar-refractivity contribution >= 4 is 5.97 Å². The molecule has 0 saturated heterocycles. The number of hydrogen-bond donors (Lipinski definition) is 1. The Morgan fingerprint density at radius 3 is 2.19 bits per heavy atom. The summed E-state index contributed by atoms with van der Waals surface area (Å²) in [6, 6.07) is 4.07. The van der Waals surface area contributed by atoms with E-state index in [0.717, 1.165) is 33.5 Å². The van der Waals surface area contributed by atoms with Crippen LogP contribution in [0, 0.1) is 34.6 Å². The van der Waals surface area contributed by atoms with Gasteiger partial charge in [-0.1, -0.05) is 22.9 Å². The van der Waals surface area contributed by atoms with E-state index in [1.165, 1.54) is 0 Å². The number of aliphatic carboxylic acids is 1. The van der Waals surface area contributed by atoms with E-state index < -0.39 is 11.9 Å². The smallest absolute Gasteiger partial charge is 0.311 e. The Kier molecular flexibility index (Phi) is 4.16. The molecular weight excluding hydrogens is 266 g/mol. The minimum atomic E-state index is -0.815. The van der Waals surface area contributed by atoms with Crippen molar-refractivity contribution in [2.24, 2.45) is 0 Å². The molecule has 1 aromatic carbocycles. The molecule has 0 amide bonds. The van der Waals surface area contributed by atoms with Crippen LogP contribution in [0.15, 0.2) is 16.7 Å². The fourth-order valence-corrected chi connectivity index (χ4v) is 3.05. The van der Waals surface area contributed by atoms with Gasteiger partial charge in [0.2, 0.25) is 0 Å². The average Bonchev–Trinajstić information content (AvgIpc) is 2.67. The van der Waals surface area contributed by atoms with Crippen LogP contribution in [0.3, 0.4) is 0 Å². The Hall–Kier alpha value is -2.10. The number of carbonyl (C=O) groups is 1. The molecule has 4 heteroatoms. The maximum absolute atomic E-state index is 11.8. The van der Waals surface area contributed by atoms with E-state index in [2.05, 4.69) is 5.16 Å². The highest BCUT2D eigenvalue weighted by molar-refractivity contribution is 5.78. The van der Waals surface area contributed by atoms with Gasteiger partial charge in [-0.25, -0.2) is 0 Å². The molecule has 0 saturated carbocycles. The Labute approximate surface area is 124 Å². The second-order valence-corrected chi connectivity index (χ2v) is 5.71. The van der Waals surface area contributed by atoms with Gasteiger partial charge in [0.1, 0.15) is 5.76 Å². The molecule has 0 spiro atoms. The van der Waals surface area contributed by atoms with Gasteiger partial charge in [0.25, 0.3) is 0 Å². The monoisotopic (exact) mass is 287 g/mol. The molecule has 1 aromatic heterocycles. The highest BCUT2D eigenvalue weighted by Crippen LogP contribution is 2.30. The van der Waals surface area contributed by atoms with Gasteiger partial charge < -0.3 is 9.63 Å². The first kappa shape index (κ1) is 15.3. The third-order valence-corrected chi connectivity index (χ3v) is 3.97. The van der Waals surface area contributed by atoms with Crippen LogP contribution >= 0.6 is 0 Å². The normalized spacial score (nSPS) is 12.4. The number of carboxylic acids is 1. The Morgan fingerprint density at radius 2 is 1.76 bits per heavy atom. The lowest BCUT2D eigenvalue weighted by molar-refractivity contribution is -0.138. The van der Waals surface area contributed by atoms with Gasteiger partial charge in [-0.15, -0.1) is 0 Å². The first-order chi connectivity index (χ1) is 9.81. The summed E-state index contributed by atoms with van der Waals surface area (Å²) < 4.78 is 5.15. The van der Waals surface area contributed by atoms with Crippen LogP contribution in [0.2, 0.25) is 0 Å². The molecule has 0 bridgehead atoms. The molecule has 0 aliphatic rings. The van der Waals surface area contributed by atoms with E-state index in [-0.39, 0.29) is 0 Å². The topological polar surface area (TPSA) is 63.3 Å². The Morgan fingerprint density at radius 1 is 1.19 bits per heavy atom. The fourth-order valence-electron chi connectivity index (χ4n) is 3.05. The molecule has 112 valence electrons. The molecule has 0 aliphatic heterocycles. The summed E-state index contributed by atoms with van der Waals surface area (Å²) in [5, 5.41) is 13.6. The van der Waals surface area contributed by atoms with Crippen molar-refractivity contribution in [1.29, 1.82) is 0 Å². The molecule has 1 N–H and O–H groups in total. The quantitative estimate of drug-likeness (QED) is 0.932. The second kappa shape index (κ2) is 5.72. The van der Waals surface area contributed by atoms with Gasteiger partial charge in [0.05, 0.1) is 11.6 Å². The Bertz CT molecular complexity index is 643. The van der Waals surface area contributed by atoms with Gasteiger partial charge in [-0.3, -0.25) is 4.79 Å². The van der Waals surface area contributed by atoms with Gasteiger partial charge >= 0.3 is 5.97 Å². The van der Waals surface area contributed by atoms with Crippen molar-refractivity contribution in [2.75, 3.05) is 0 Å². The molecular formula is C17H21NO3. The predicted octanol–water partition coefficient (Wildman–Crippen LogP) is 3.63. The summed E-state index contributed by atoms with van der Waals surface area (Å²) in [6.07, 6.45) is 0.404. The number of rotatable bonds is 4. The molecule has 2 aromatic rings. The van der Waals surface area contributed by atoms with Crippen LogP contribution in [0.25, 0.3) is 0 Å². The minimum absolute atomic E-state index is 0.404. The predicted molar refractivity (Wildman–Crippen MR) is 80.7 cm³/mol. The summed E-state index contributed by atoms with van der Waals surface area (Å²) in [7, 11) is 0. The number of hydrogen-bond acceptors (Lipinski definition) is 3. The largest absolute Gasteiger partial charge is 0.481 e. The van der Waals surface area contributed by atoms with E-state index in [4.69, 9.17) is 4.52 Å². The van der Waals surface area contributed by atoms with Crippen molar-refractivity contribution in [2.45, 2.75) is 47.0 Å². The summed E-state index contributed by atoms with van der Waals surface area (Å²) in [6.45, 7) is 9.63. The average molecular weight is 287 g/mol. The van der Waals surface area contributed by atoms with Crippen LogP contribution < -0.4 is 0 Å². The lowest BCUT2D eigenvalue weighted by Gasteiger charge is -2.18. The van der Waals surface area contributed by atoms with Crippen LogP contribution in [-0.2, 0) is 11.2 Å². The highest BCUT2D eigenvalue weighted by atomic mass is 16.5. The number of benzene rings is 1. The van der Waals surface area contributed by atoms with Crippen LogP contribution in [0.5, 0.6) is 0 Å². The molecule has 0 fully saturated rings. The molecule has 1 atom stereocenters. The summed E-state index contributed by atoms with van der Waals surface area (Å²) in [5.74, 6) is -0.700.